The lowest BCUT2D eigenvalue weighted by Gasteiger charge is -2.32. The van der Waals surface area contributed by atoms with Crippen molar-refractivity contribution in [2.45, 2.75) is 19.3 Å². The van der Waals surface area contributed by atoms with Crippen LogP contribution in [0.15, 0.2) is 54.6 Å². The number of benzene rings is 2. The summed E-state index contributed by atoms with van der Waals surface area (Å²) in [5, 5.41) is 3.11. The van der Waals surface area contributed by atoms with E-state index in [1.807, 2.05) is 41.3 Å². The number of rotatable bonds is 5. The Labute approximate surface area is 149 Å². The Morgan fingerprint density at radius 1 is 1.16 bits per heavy atom. The van der Waals surface area contributed by atoms with Crippen LogP contribution < -0.4 is 5.32 Å². The highest BCUT2D eigenvalue weighted by molar-refractivity contribution is 5.90. The molecule has 1 aliphatic rings. The molecule has 4 nitrogen and oxygen atoms in total. The molecule has 2 aromatic carbocycles. The fourth-order valence-electron chi connectivity index (χ4n) is 3.43. The molecule has 1 atom stereocenters. The van der Waals surface area contributed by atoms with Crippen LogP contribution in [0.1, 0.15) is 24.0 Å². The molecule has 0 aromatic heterocycles. The van der Waals surface area contributed by atoms with Gasteiger partial charge in [0, 0.05) is 31.8 Å². The number of para-hydroxylation sites is 1. The van der Waals surface area contributed by atoms with Crippen molar-refractivity contribution >= 4 is 11.7 Å². The van der Waals surface area contributed by atoms with E-state index < -0.39 is 0 Å². The molecule has 0 bridgehead atoms. The molecule has 3 rings (SSSR count). The molecule has 1 N–H and O–H groups in total. The molecule has 2 aromatic rings. The molecule has 1 heterocycles. The van der Waals surface area contributed by atoms with Crippen molar-refractivity contribution in [3.8, 4) is 0 Å². The fraction of sp³-hybridized carbons (Fsp3) is 0.381. The Hall–Kier alpha value is -2.33. The summed E-state index contributed by atoms with van der Waals surface area (Å²) in [6.07, 6.45) is 2.97. The minimum Gasteiger partial charge on any atom is -0.384 e. The third kappa shape index (κ3) is 4.83. The van der Waals surface area contributed by atoms with Crippen LogP contribution in [0.3, 0.4) is 0 Å². The second-order valence-corrected chi connectivity index (χ2v) is 6.66. The highest BCUT2D eigenvalue weighted by Crippen LogP contribution is 2.21. The molecule has 0 aliphatic carbocycles. The Balaban J connectivity index is 1.67. The maximum atomic E-state index is 12.7. The highest BCUT2D eigenvalue weighted by Gasteiger charge is 2.24. The maximum absolute atomic E-state index is 12.7. The third-order valence-corrected chi connectivity index (χ3v) is 4.70. The van der Waals surface area contributed by atoms with E-state index >= 15 is 0 Å². The summed E-state index contributed by atoms with van der Waals surface area (Å²) < 4.78 is 5.25. The van der Waals surface area contributed by atoms with Gasteiger partial charge in [-0.3, -0.25) is 0 Å². The molecule has 0 unspecified atom stereocenters. The molecule has 0 saturated carbocycles. The van der Waals surface area contributed by atoms with Gasteiger partial charge >= 0.3 is 6.03 Å². The van der Waals surface area contributed by atoms with E-state index in [4.69, 9.17) is 4.74 Å². The number of carbonyl (C=O) groups is 1. The molecule has 1 saturated heterocycles. The smallest absolute Gasteiger partial charge is 0.321 e. The number of carbonyl (C=O) groups excluding carboxylic acids is 1. The van der Waals surface area contributed by atoms with Gasteiger partial charge in [-0.2, -0.15) is 0 Å². The summed E-state index contributed by atoms with van der Waals surface area (Å²) in [4.78, 5) is 14.6. The molecule has 0 radical (unpaired) electrons. The molecular weight excluding hydrogens is 312 g/mol. The second kappa shape index (κ2) is 8.67. The first-order valence-corrected chi connectivity index (χ1v) is 8.93. The van der Waals surface area contributed by atoms with Crippen molar-refractivity contribution in [2.24, 2.45) is 5.92 Å². The maximum Gasteiger partial charge on any atom is 0.321 e. The number of urea groups is 1. The molecule has 2 amide bonds. The van der Waals surface area contributed by atoms with Crippen molar-refractivity contribution in [1.29, 1.82) is 0 Å². The molecule has 0 spiro atoms. The zero-order valence-corrected chi connectivity index (χ0v) is 14.8. The predicted molar refractivity (Wildman–Crippen MR) is 101 cm³/mol. The van der Waals surface area contributed by atoms with E-state index in [2.05, 4.69) is 23.5 Å². The molecule has 1 fully saturated rings. The van der Waals surface area contributed by atoms with Crippen molar-refractivity contribution in [3.05, 3.63) is 65.7 Å². The van der Waals surface area contributed by atoms with E-state index in [-0.39, 0.29) is 6.03 Å². The van der Waals surface area contributed by atoms with Crippen molar-refractivity contribution < 1.29 is 9.53 Å². The van der Waals surface area contributed by atoms with Gasteiger partial charge in [-0.25, -0.2) is 4.79 Å². The van der Waals surface area contributed by atoms with E-state index in [1.54, 1.807) is 7.11 Å². The highest BCUT2D eigenvalue weighted by atomic mass is 16.5. The van der Waals surface area contributed by atoms with Gasteiger partial charge in [0.25, 0.3) is 0 Å². The average molecular weight is 338 g/mol. The molecular formula is C21H26N2O2. The number of anilines is 1. The standard InChI is InChI=1S/C21H26N2O2/c1-25-16-18-10-7-13-23(15-18)21(24)22-20-12-6-5-11-19(20)14-17-8-3-2-4-9-17/h2-6,8-9,11-12,18H,7,10,13-16H2,1H3,(H,22,24)/t18-/m0/s1. The SMILES string of the molecule is COC[C@H]1CCCN(C(=O)Nc2ccccc2Cc2ccccc2)C1. The van der Waals surface area contributed by atoms with Gasteiger partial charge in [-0.1, -0.05) is 48.5 Å². The number of piperidine rings is 1. The quantitative estimate of drug-likeness (QED) is 0.889. The van der Waals surface area contributed by atoms with Crippen LogP contribution in [0.4, 0.5) is 10.5 Å². The minimum absolute atomic E-state index is 0.0127. The topological polar surface area (TPSA) is 41.6 Å². The first-order chi connectivity index (χ1) is 12.3. The van der Waals surface area contributed by atoms with Gasteiger partial charge in [0.2, 0.25) is 0 Å². The summed E-state index contributed by atoms with van der Waals surface area (Å²) in [5.74, 6) is 0.434. The average Bonchev–Trinajstić information content (AvgIpc) is 2.65. The number of nitrogens with one attached hydrogen (secondary N) is 1. The number of likely N-dealkylation sites (tertiary alicyclic amines) is 1. The lowest BCUT2D eigenvalue weighted by Crippen LogP contribution is -2.43. The Morgan fingerprint density at radius 2 is 1.92 bits per heavy atom. The molecule has 4 heteroatoms. The molecule has 1 aliphatic heterocycles. The summed E-state index contributed by atoms with van der Waals surface area (Å²) in [7, 11) is 1.72. The first kappa shape index (κ1) is 17.5. The predicted octanol–water partition coefficient (Wildman–Crippen LogP) is 4.17. The van der Waals surface area contributed by atoms with Crippen molar-refractivity contribution in [1.82, 2.24) is 4.90 Å². The summed E-state index contributed by atoms with van der Waals surface area (Å²) in [6, 6.07) is 18.3. The van der Waals surface area contributed by atoms with Crippen LogP contribution in [-0.4, -0.2) is 37.7 Å². The van der Waals surface area contributed by atoms with Crippen LogP contribution in [0.2, 0.25) is 0 Å². The summed E-state index contributed by atoms with van der Waals surface area (Å²) in [5.41, 5.74) is 3.26. The van der Waals surface area contributed by atoms with Crippen LogP contribution in [0.25, 0.3) is 0 Å². The molecule has 25 heavy (non-hydrogen) atoms. The number of methoxy groups -OCH3 is 1. The summed E-state index contributed by atoms with van der Waals surface area (Å²) in [6.45, 7) is 2.29. The lowest BCUT2D eigenvalue weighted by molar-refractivity contribution is 0.104. The van der Waals surface area contributed by atoms with Crippen molar-refractivity contribution in [2.75, 3.05) is 32.1 Å². The van der Waals surface area contributed by atoms with Gasteiger partial charge < -0.3 is 15.0 Å². The first-order valence-electron chi connectivity index (χ1n) is 8.93. The van der Waals surface area contributed by atoms with Gasteiger partial charge in [0.15, 0.2) is 0 Å². The van der Waals surface area contributed by atoms with Crippen molar-refractivity contribution in [3.63, 3.8) is 0 Å². The third-order valence-electron chi connectivity index (χ3n) is 4.70. The van der Waals surface area contributed by atoms with Crippen LogP contribution in [-0.2, 0) is 11.2 Å². The normalized spacial score (nSPS) is 17.3. The van der Waals surface area contributed by atoms with E-state index in [1.165, 1.54) is 5.56 Å². The Bertz CT molecular complexity index is 685. The number of amides is 2. The van der Waals surface area contributed by atoms with Crippen LogP contribution in [0, 0.1) is 5.92 Å². The summed E-state index contributed by atoms with van der Waals surface area (Å²) >= 11 is 0. The zero-order chi connectivity index (χ0) is 17.5. The lowest BCUT2D eigenvalue weighted by atomic mass is 9.99. The van der Waals surface area contributed by atoms with Gasteiger partial charge in [0.05, 0.1) is 6.61 Å². The van der Waals surface area contributed by atoms with E-state index in [0.717, 1.165) is 43.6 Å². The number of hydrogen-bond donors (Lipinski definition) is 1. The Kier molecular flexibility index (Phi) is 6.07. The monoisotopic (exact) mass is 338 g/mol. The number of ether oxygens (including phenoxy) is 1. The van der Waals surface area contributed by atoms with E-state index in [0.29, 0.717) is 12.5 Å². The largest absolute Gasteiger partial charge is 0.384 e. The molecule has 132 valence electrons. The van der Waals surface area contributed by atoms with E-state index in [9.17, 15) is 4.79 Å². The minimum atomic E-state index is -0.0127. The van der Waals surface area contributed by atoms with Crippen LogP contribution in [0.5, 0.6) is 0 Å². The van der Waals surface area contributed by atoms with Gasteiger partial charge in [0.1, 0.15) is 0 Å². The van der Waals surface area contributed by atoms with Gasteiger partial charge in [-0.15, -0.1) is 0 Å². The van der Waals surface area contributed by atoms with Gasteiger partial charge in [-0.05, 0) is 36.5 Å². The zero-order valence-electron chi connectivity index (χ0n) is 14.8. The number of hydrogen-bond acceptors (Lipinski definition) is 2. The fourth-order valence-corrected chi connectivity index (χ4v) is 3.43. The second-order valence-electron chi connectivity index (χ2n) is 6.66. The number of nitrogens with zero attached hydrogens (tertiary/aromatic N) is 1. The Morgan fingerprint density at radius 3 is 2.72 bits per heavy atom. The van der Waals surface area contributed by atoms with Crippen LogP contribution >= 0.6 is 0 Å².